The summed E-state index contributed by atoms with van der Waals surface area (Å²) < 4.78 is 9.99. The lowest BCUT2D eigenvalue weighted by molar-refractivity contribution is -0.118. The van der Waals surface area contributed by atoms with Gasteiger partial charge in [-0.05, 0) is 31.9 Å². The Morgan fingerprint density at radius 2 is 1.90 bits per heavy atom. The summed E-state index contributed by atoms with van der Waals surface area (Å²) >= 11 is 0. The topological polar surface area (TPSA) is 114 Å². The maximum atomic E-state index is 13.1. The maximum absolute atomic E-state index is 13.1. The summed E-state index contributed by atoms with van der Waals surface area (Å²) in [7, 11) is 0. The van der Waals surface area contributed by atoms with Crippen molar-refractivity contribution in [1.82, 2.24) is 15.3 Å². The third-order valence-corrected chi connectivity index (χ3v) is 4.99. The molecule has 9 nitrogen and oxygen atoms in total. The number of benzene rings is 1. The Morgan fingerprint density at radius 3 is 2.61 bits per heavy atom. The average Bonchev–Trinajstić information content (AvgIpc) is 3.34. The highest BCUT2D eigenvalue weighted by Gasteiger charge is 2.37. The number of carbonyl (C=O) groups is 3. The molecule has 0 saturated carbocycles. The monoisotopic (exact) mass is 428 g/mol. The van der Waals surface area contributed by atoms with Crippen LogP contribution in [0.15, 0.2) is 24.3 Å². The van der Waals surface area contributed by atoms with Gasteiger partial charge >= 0.3 is 12.1 Å². The second kappa shape index (κ2) is 10.1. The summed E-state index contributed by atoms with van der Waals surface area (Å²) in [6.45, 7) is 5.72. The van der Waals surface area contributed by atoms with Crippen molar-refractivity contribution in [2.45, 2.75) is 46.1 Å². The van der Waals surface area contributed by atoms with Crippen LogP contribution in [0.2, 0.25) is 0 Å². The van der Waals surface area contributed by atoms with Crippen molar-refractivity contribution >= 4 is 23.7 Å². The predicted octanol–water partition coefficient (Wildman–Crippen LogP) is 2.92. The van der Waals surface area contributed by atoms with E-state index in [1.54, 1.807) is 18.7 Å². The second-order valence-corrected chi connectivity index (χ2v) is 7.11. The number of H-pyrrole nitrogens is 1. The Hall–Kier alpha value is -3.36. The van der Waals surface area contributed by atoms with Gasteiger partial charge in [0.2, 0.25) is 5.91 Å². The number of imidazole rings is 1. The molecular formula is C22H28N4O5. The smallest absolute Gasteiger partial charge is 0.407 e. The minimum atomic E-state index is -0.646. The number of anilines is 1. The highest BCUT2D eigenvalue weighted by Crippen LogP contribution is 2.39. The lowest BCUT2D eigenvalue weighted by atomic mass is 10.1. The van der Waals surface area contributed by atoms with E-state index in [9.17, 15) is 14.4 Å². The molecule has 1 aromatic heterocycles. The normalized spacial score (nSPS) is 14.8. The van der Waals surface area contributed by atoms with Crippen molar-refractivity contribution in [3.63, 3.8) is 0 Å². The zero-order valence-electron chi connectivity index (χ0n) is 18.1. The number of hydrogen-bond donors (Lipinski definition) is 2. The molecule has 2 aromatic rings. The molecule has 0 radical (unpaired) electrons. The van der Waals surface area contributed by atoms with Crippen LogP contribution in [0.1, 0.15) is 60.8 Å². The van der Waals surface area contributed by atoms with Crippen molar-refractivity contribution in [3.8, 4) is 0 Å². The molecule has 0 fully saturated rings. The van der Waals surface area contributed by atoms with E-state index in [4.69, 9.17) is 9.47 Å². The van der Waals surface area contributed by atoms with Crippen LogP contribution in [0.5, 0.6) is 0 Å². The summed E-state index contributed by atoms with van der Waals surface area (Å²) in [5.74, 6) is -0.257. The van der Waals surface area contributed by atoms with Gasteiger partial charge in [-0.3, -0.25) is 9.69 Å². The van der Waals surface area contributed by atoms with Crippen molar-refractivity contribution in [1.29, 1.82) is 0 Å². The number of carbonyl (C=O) groups excluding carboxylic acids is 3. The Bertz CT molecular complexity index is 955. The van der Waals surface area contributed by atoms with Crippen LogP contribution in [0, 0.1) is 0 Å². The summed E-state index contributed by atoms with van der Waals surface area (Å²) in [4.78, 5) is 46.5. The molecule has 0 aliphatic carbocycles. The van der Waals surface area contributed by atoms with Gasteiger partial charge in [0.15, 0.2) is 5.69 Å². The standard InChI is InChI=1S/C22H28N4O5/c1-4-9-15-19(21(28)30-5-2)25-20(24-15)17-12-14-10-7-8-11-16(14)26(17)18(27)13-23-22(29)31-6-3/h7-8,10-11,17H,4-6,9,12-13H2,1-3H3,(H,23,29)(H,24,25). The Morgan fingerprint density at radius 1 is 1.16 bits per heavy atom. The van der Waals surface area contributed by atoms with Gasteiger partial charge in [-0.1, -0.05) is 31.5 Å². The molecule has 31 heavy (non-hydrogen) atoms. The quantitative estimate of drug-likeness (QED) is 0.625. The molecule has 1 atom stereocenters. The van der Waals surface area contributed by atoms with Gasteiger partial charge in [0.25, 0.3) is 0 Å². The molecule has 0 spiro atoms. The van der Waals surface area contributed by atoms with E-state index in [0.29, 0.717) is 24.4 Å². The number of hydrogen-bond acceptors (Lipinski definition) is 6. The number of nitrogens with one attached hydrogen (secondary N) is 2. The first-order valence-electron chi connectivity index (χ1n) is 10.6. The third kappa shape index (κ3) is 4.87. The summed E-state index contributed by atoms with van der Waals surface area (Å²) in [5, 5.41) is 2.48. The zero-order chi connectivity index (χ0) is 22.4. The molecule has 166 valence electrons. The first kappa shape index (κ1) is 22.3. The molecule has 1 unspecified atom stereocenters. The lowest BCUT2D eigenvalue weighted by Crippen LogP contribution is -2.41. The van der Waals surface area contributed by atoms with E-state index < -0.39 is 18.1 Å². The maximum Gasteiger partial charge on any atom is 0.407 e. The molecule has 0 saturated heterocycles. The number of rotatable bonds is 8. The molecule has 0 bridgehead atoms. The largest absolute Gasteiger partial charge is 0.461 e. The number of para-hydroxylation sites is 1. The van der Waals surface area contributed by atoms with Crippen LogP contribution >= 0.6 is 0 Å². The van der Waals surface area contributed by atoms with Crippen LogP contribution in [-0.4, -0.2) is 47.7 Å². The minimum absolute atomic E-state index is 0.211. The van der Waals surface area contributed by atoms with E-state index in [2.05, 4.69) is 15.3 Å². The Balaban J connectivity index is 1.92. The number of esters is 1. The second-order valence-electron chi connectivity index (χ2n) is 7.11. The van der Waals surface area contributed by atoms with Gasteiger partial charge < -0.3 is 19.8 Å². The van der Waals surface area contributed by atoms with Gasteiger partial charge in [0.1, 0.15) is 12.4 Å². The van der Waals surface area contributed by atoms with Crippen LogP contribution in [-0.2, 0) is 27.1 Å². The fourth-order valence-electron chi connectivity index (χ4n) is 3.71. The summed E-state index contributed by atoms with van der Waals surface area (Å²) in [5.41, 5.74) is 2.70. The molecule has 2 heterocycles. The minimum Gasteiger partial charge on any atom is -0.461 e. The lowest BCUT2D eigenvalue weighted by Gasteiger charge is -2.24. The highest BCUT2D eigenvalue weighted by atomic mass is 16.5. The molecule has 9 heteroatoms. The van der Waals surface area contributed by atoms with E-state index in [-0.39, 0.29) is 31.4 Å². The predicted molar refractivity (Wildman–Crippen MR) is 114 cm³/mol. The molecular weight excluding hydrogens is 400 g/mol. The highest BCUT2D eigenvalue weighted by molar-refractivity contribution is 5.98. The van der Waals surface area contributed by atoms with Gasteiger partial charge in [-0.25, -0.2) is 14.6 Å². The molecule has 2 N–H and O–H groups in total. The zero-order valence-corrected chi connectivity index (χ0v) is 18.1. The third-order valence-electron chi connectivity index (χ3n) is 4.99. The molecule has 1 aliphatic heterocycles. The van der Waals surface area contributed by atoms with E-state index in [1.807, 2.05) is 31.2 Å². The SMILES string of the molecule is CCCc1[nH]c(C2Cc3ccccc3N2C(=O)CNC(=O)OCC)nc1C(=O)OCC. The Labute approximate surface area is 181 Å². The fourth-order valence-corrected chi connectivity index (χ4v) is 3.71. The molecule has 2 amide bonds. The molecule has 3 rings (SSSR count). The van der Waals surface area contributed by atoms with Crippen LogP contribution < -0.4 is 10.2 Å². The summed E-state index contributed by atoms with van der Waals surface area (Å²) in [6, 6.07) is 7.16. The Kier molecular flexibility index (Phi) is 7.28. The number of ether oxygens (including phenoxy) is 2. The van der Waals surface area contributed by atoms with Crippen molar-refractivity contribution in [2.24, 2.45) is 0 Å². The van der Waals surface area contributed by atoms with E-state index >= 15 is 0 Å². The number of amides is 2. The number of nitrogens with zero attached hydrogens (tertiary/aromatic N) is 2. The molecule has 1 aliphatic rings. The van der Waals surface area contributed by atoms with Crippen molar-refractivity contribution < 1.29 is 23.9 Å². The summed E-state index contributed by atoms with van der Waals surface area (Å²) in [6.07, 6.45) is 1.36. The number of fused-ring (bicyclic) bond motifs is 1. The van der Waals surface area contributed by atoms with E-state index in [1.165, 1.54) is 0 Å². The van der Waals surface area contributed by atoms with Gasteiger partial charge in [0.05, 0.1) is 19.3 Å². The fraction of sp³-hybridized carbons (Fsp3) is 0.455. The van der Waals surface area contributed by atoms with Crippen LogP contribution in [0.3, 0.4) is 0 Å². The van der Waals surface area contributed by atoms with Crippen molar-refractivity contribution in [2.75, 3.05) is 24.7 Å². The van der Waals surface area contributed by atoms with Crippen LogP contribution in [0.25, 0.3) is 0 Å². The number of aromatic amines is 1. The average molecular weight is 428 g/mol. The van der Waals surface area contributed by atoms with E-state index in [0.717, 1.165) is 17.7 Å². The number of alkyl carbamates (subject to hydrolysis) is 1. The number of aryl methyl sites for hydroxylation is 1. The van der Waals surface area contributed by atoms with Gasteiger partial charge in [-0.15, -0.1) is 0 Å². The van der Waals surface area contributed by atoms with Crippen molar-refractivity contribution in [3.05, 3.63) is 47.0 Å². The van der Waals surface area contributed by atoms with Crippen LogP contribution in [0.4, 0.5) is 10.5 Å². The number of aromatic nitrogens is 2. The first-order chi connectivity index (χ1) is 15.0. The van der Waals surface area contributed by atoms with Gasteiger partial charge in [0, 0.05) is 17.8 Å². The molecule has 1 aromatic carbocycles. The first-order valence-corrected chi connectivity index (χ1v) is 10.6. The van der Waals surface area contributed by atoms with Gasteiger partial charge in [-0.2, -0.15) is 0 Å².